The van der Waals surface area contributed by atoms with Gasteiger partial charge in [0, 0.05) is 25.2 Å². The molecule has 2 aliphatic carbocycles. The zero-order valence-electron chi connectivity index (χ0n) is 12.2. The van der Waals surface area contributed by atoms with Crippen LogP contribution in [0.3, 0.4) is 0 Å². The van der Waals surface area contributed by atoms with Crippen LogP contribution in [0.15, 0.2) is 0 Å². The van der Waals surface area contributed by atoms with Gasteiger partial charge in [0.1, 0.15) is 0 Å². The van der Waals surface area contributed by atoms with Gasteiger partial charge in [-0.3, -0.25) is 0 Å². The van der Waals surface area contributed by atoms with Gasteiger partial charge in [-0.05, 0) is 65.0 Å². The molecule has 0 saturated heterocycles. The van der Waals surface area contributed by atoms with E-state index >= 15 is 0 Å². The second kappa shape index (κ2) is 7.46. The highest BCUT2D eigenvalue weighted by molar-refractivity contribution is 4.80. The van der Waals surface area contributed by atoms with Crippen LogP contribution in [0.1, 0.15) is 45.4 Å². The fourth-order valence-electron chi connectivity index (χ4n) is 2.17. The Morgan fingerprint density at radius 3 is 2.72 bits per heavy atom. The number of hydrogen-bond donors (Lipinski definition) is 1. The number of ether oxygens (including phenoxy) is 1. The molecule has 0 aromatic heterocycles. The van der Waals surface area contributed by atoms with Crippen molar-refractivity contribution >= 4 is 0 Å². The molecular weight excluding hydrogens is 224 g/mol. The number of likely N-dealkylation sites (N-methyl/N-ethyl adjacent to an activating group) is 1. The van der Waals surface area contributed by atoms with Crippen LogP contribution in [0.25, 0.3) is 0 Å². The SMILES string of the molecule is CC(CCCNC1CC1)N(C)CCOCC1CC1. The molecule has 0 radical (unpaired) electrons. The van der Waals surface area contributed by atoms with E-state index in [1.807, 2.05) is 0 Å². The maximum Gasteiger partial charge on any atom is 0.0593 e. The van der Waals surface area contributed by atoms with Gasteiger partial charge in [-0.15, -0.1) is 0 Å². The first-order valence-corrected chi connectivity index (χ1v) is 7.77. The van der Waals surface area contributed by atoms with Crippen LogP contribution in [0.2, 0.25) is 0 Å². The lowest BCUT2D eigenvalue weighted by Crippen LogP contribution is -2.33. The van der Waals surface area contributed by atoms with E-state index in [0.717, 1.165) is 31.7 Å². The van der Waals surface area contributed by atoms with Gasteiger partial charge in [-0.25, -0.2) is 0 Å². The van der Waals surface area contributed by atoms with Gasteiger partial charge in [0.05, 0.1) is 6.61 Å². The maximum absolute atomic E-state index is 5.69. The van der Waals surface area contributed by atoms with Gasteiger partial charge in [0.15, 0.2) is 0 Å². The highest BCUT2D eigenvalue weighted by atomic mass is 16.5. The lowest BCUT2D eigenvalue weighted by molar-refractivity contribution is 0.0921. The normalized spacial score (nSPS) is 21.5. The van der Waals surface area contributed by atoms with Crippen molar-refractivity contribution in [1.82, 2.24) is 10.2 Å². The molecule has 2 saturated carbocycles. The Hall–Kier alpha value is -0.120. The van der Waals surface area contributed by atoms with Crippen molar-refractivity contribution in [2.24, 2.45) is 5.92 Å². The first kappa shape index (κ1) is 14.3. The van der Waals surface area contributed by atoms with E-state index in [4.69, 9.17) is 4.74 Å². The summed E-state index contributed by atoms with van der Waals surface area (Å²) in [6, 6.07) is 1.53. The molecule has 0 aromatic rings. The van der Waals surface area contributed by atoms with E-state index in [2.05, 4.69) is 24.2 Å². The summed E-state index contributed by atoms with van der Waals surface area (Å²) < 4.78 is 5.69. The smallest absolute Gasteiger partial charge is 0.0593 e. The summed E-state index contributed by atoms with van der Waals surface area (Å²) in [4.78, 5) is 2.43. The molecule has 106 valence electrons. The van der Waals surface area contributed by atoms with Crippen molar-refractivity contribution in [2.45, 2.75) is 57.5 Å². The Morgan fingerprint density at radius 2 is 2.06 bits per heavy atom. The second-order valence-electron chi connectivity index (χ2n) is 6.22. The van der Waals surface area contributed by atoms with Gasteiger partial charge in [-0.1, -0.05) is 0 Å². The van der Waals surface area contributed by atoms with Gasteiger partial charge < -0.3 is 15.0 Å². The monoisotopic (exact) mass is 254 g/mol. The molecule has 0 aromatic carbocycles. The number of nitrogens with zero attached hydrogens (tertiary/aromatic N) is 1. The summed E-state index contributed by atoms with van der Waals surface area (Å²) in [5.41, 5.74) is 0. The van der Waals surface area contributed by atoms with Gasteiger partial charge in [-0.2, -0.15) is 0 Å². The molecule has 0 heterocycles. The molecule has 18 heavy (non-hydrogen) atoms. The summed E-state index contributed by atoms with van der Waals surface area (Å²) in [6.45, 7) is 6.49. The highest BCUT2D eigenvalue weighted by Crippen LogP contribution is 2.28. The average Bonchev–Trinajstić information content (AvgIpc) is 3.24. The van der Waals surface area contributed by atoms with Crippen LogP contribution in [0.5, 0.6) is 0 Å². The summed E-state index contributed by atoms with van der Waals surface area (Å²) in [6.07, 6.45) is 8.16. The van der Waals surface area contributed by atoms with E-state index in [0.29, 0.717) is 6.04 Å². The van der Waals surface area contributed by atoms with Crippen molar-refractivity contribution in [3.63, 3.8) is 0 Å². The van der Waals surface area contributed by atoms with E-state index < -0.39 is 0 Å². The Bertz CT molecular complexity index is 203. The summed E-state index contributed by atoms with van der Waals surface area (Å²) in [7, 11) is 2.22. The molecule has 0 spiro atoms. The first-order valence-electron chi connectivity index (χ1n) is 7.77. The number of rotatable bonds is 11. The maximum atomic E-state index is 5.69. The molecule has 0 amide bonds. The van der Waals surface area contributed by atoms with Crippen molar-refractivity contribution in [3.8, 4) is 0 Å². The third-order valence-electron chi connectivity index (χ3n) is 4.20. The van der Waals surface area contributed by atoms with Crippen LogP contribution in [0, 0.1) is 5.92 Å². The van der Waals surface area contributed by atoms with Crippen LogP contribution < -0.4 is 5.32 Å². The quantitative estimate of drug-likeness (QED) is 0.572. The van der Waals surface area contributed by atoms with Crippen LogP contribution in [-0.2, 0) is 4.74 Å². The average molecular weight is 254 g/mol. The molecule has 3 nitrogen and oxygen atoms in total. The zero-order valence-corrected chi connectivity index (χ0v) is 12.2. The van der Waals surface area contributed by atoms with Crippen molar-refractivity contribution < 1.29 is 4.74 Å². The van der Waals surface area contributed by atoms with Crippen molar-refractivity contribution in [1.29, 1.82) is 0 Å². The Kier molecular flexibility index (Phi) is 5.93. The molecule has 1 unspecified atom stereocenters. The summed E-state index contributed by atoms with van der Waals surface area (Å²) in [5.74, 6) is 0.890. The minimum absolute atomic E-state index is 0.676. The Morgan fingerprint density at radius 1 is 1.28 bits per heavy atom. The van der Waals surface area contributed by atoms with Gasteiger partial charge in [0.25, 0.3) is 0 Å². The van der Waals surface area contributed by atoms with Crippen LogP contribution in [-0.4, -0.2) is 50.3 Å². The molecule has 1 atom stereocenters. The minimum Gasteiger partial charge on any atom is -0.380 e. The molecule has 2 fully saturated rings. The Labute approximate surface area is 112 Å². The third kappa shape index (κ3) is 6.17. The fourth-order valence-corrected chi connectivity index (χ4v) is 2.17. The number of nitrogens with one attached hydrogen (secondary N) is 1. The highest BCUT2D eigenvalue weighted by Gasteiger charge is 2.21. The molecule has 2 aliphatic rings. The van der Waals surface area contributed by atoms with Crippen molar-refractivity contribution in [3.05, 3.63) is 0 Å². The summed E-state index contributed by atoms with van der Waals surface area (Å²) >= 11 is 0. The molecule has 2 rings (SSSR count). The van der Waals surface area contributed by atoms with Crippen molar-refractivity contribution in [2.75, 3.05) is 33.4 Å². The second-order valence-corrected chi connectivity index (χ2v) is 6.22. The lowest BCUT2D eigenvalue weighted by atomic mass is 10.1. The molecule has 3 heteroatoms. The van der Waals surface area contributed by atoms with Gasteiger partial charge >= 0.3 is 0 Å². The lowest BCUT2D eigenvalue weighted by Gasteiger charge is -2.24. The Balaban J connectivity index is 1.40. The molecule has 0 aliphatic heterocycles. The topological polar surface area (TPSA) is 24.5 Å². The number of hydrogen-bond acceptors (Lipinski definition) is 3. The standard InChI is InChI=1S/C15H30N2O/c1-13(4-3-9-16-15-7-8-15)17(2)10-11-18-12-14-5-6-14/h13-16H,3-12H2,1-2H3. The van der Waals surface area contributed by atoms with E-state index in [-0.39, 0.29) is 0 Å². The molecular formula is C15H30N2O. The predicted octanol–water partition coefficient (Wildman–Crippen LogP) is 2.27. The van der Waals surface area contributed by atoms with Gasteiger partial charge in [0.2, 0.25) is 0 Å². The van der Waals surface area contributed by atoms with Crippen LogP contribution in [0.4, 0.5) is 0 Å². The first-order chi connectivity index (χ1) is 8.75. The van der Waals surface area contributed by atoms with E-state index in [1.54, 1.807) is 0 Å². The predicted molar refractivity (Wildman–Crippen MR) is 75.9 cm³/mol. The molecule has 0 bridgehead atoms. The minimum atomic E-state index is 0.676. The largest absolute Gasteiger partial charge is 0.380 e. The summed E-state index contributed by atoms with van der Waals surface area (Å²) in [5, 5.41) is 3.58. The molecule has 1 N–H and O–H groups in total. The van der Waals surface area contributed by atoms with E-state index in [1.165, 1.54) is 45.1 Å². The van der Waals surface area contributed by atoms with Crippen LogP contribution >= 0.6 is 0 Å². The zero-order chi connectivity index (χ0) is 12.8. The third-order valence-corrected chi connectivity index (χ3v) is 4.20. The van der Waals surface area contributed by atoms with E-state index in [9.17, 15) is 0 Å². The fraction of sp³-hybridized carbons (Fsp3) is 1.00.